The second-order valence-electron chi connectivity index (χ2n) is 5.39. The summed E-state index contributed by atoms with van der Waals surface area (Å²) in [6.45, 7) is 0.418. The van der Waals surface area contributed by atoms with Gasteiger partial charge in [-0.3, -0.25) is 4.79 Å². The summed E-state index contributed by atoms with van der Waals surface area (Å²) in [7, 11) is 1.92. The molecule has 0 saturated heterocycles. The summed E-state index contributed by atoms with van der Waals surface area (Å²) >= 11 is 1.55. The van der Waals surface area contributed by atoms with Crippen LogP contribution in [-0.2, 0) is 18.4 Å². The zero-order valence-corrected chi connectivity index (χ0v) is 14.2. The van der Waals surface area contributed by atoms with E-state index in [1.807, 2.05) is 78.5 Å². The third-order valence-electron chi connectivity index (χ3n) is 3.68. The molecule has 24 heavy (non-hydrogen) atoms. The molecule has 5 heteroatoms. The summed E-state index contributed by atoms with van der Waals surface area (Å²) < 4.78 is 1.90. The lowest BCUT2D eigenvalue weighted by molar-refractivity contribution is -0.120. The normalized spacial score (nSPS) is 11.9. The molecule has 0 fully saturated rings. The first-order chi connectivity index (χ1) is 11.7. The molecule has 0 aliphatic rings. The highest BCUT2D eigenvalue weighted by molar-refractivity contribution is 8.00. The molecule has 1 heterocycles. The third-order valence-corrected chi connectivity index (χ3v) is 4.95. The molecule has 0 spiro atoms. The van der Waals surface area contributed by atoms with Crippen LogP contribution < -0.4 is 5.32 Å². The van der Waals surface area contributed by atoms with E-state index < -0.39 is 0 Å². The molecule has 3 rings (SSSR count). The maximum Gasteiger partial charge on any atom is 0.238 e. The highest BCUT2D eigenvalue weighted by Crippen LogP contribution is 2.35. The van der Waals surface area contributed by atoms with Crippen LogP contribution in [0.1, 0.15) is 16.6 Å². The fraction of sp³-hybridized carbons (Fsp3) is 0.158. The Labute approximate surface area is 145 Å². The van der Waals surface area contributed by atoms with Gasteiger partial charge in [0.15, 0.2) is 0 Å². The van der Waals surface area contributed by atoms with Crippen LogP contribution in [0.2, 0.25) is 0 Å². The Hall–Kier alpha value is -2.53. The number of nitrogens with one attached hydrogen (secondary N) is 1. The lowest BCUT2D eigenvalue weighted by Crippen LogP contribution is -2.28. The van der Waals surface area contributed by atoms with Gasteiger partial charge in [0.25, 0.3) is 0 Å². The molecule has 1 aromatic heterocycles. The number of thioether (sulfide) groups is 1. The molecule has 1 amide bonds. The van der Waals surface area contributed by atoms with Crippen molar-refractivity contribution in [2.75, 3.05) is 0 Å². The Bertz CT molecular complexity index is 787. The number of carbonyl (C=O) groups excluding carboxylic acids is 1. The first kappa shape index (κ1) is 16.3. The van der Waals surface area contributed by atoms with Crippen molar-refractivity contribution in [1.82, 2.24) is 14.9 Å². The van der Waals surface area contributed by atoms with Crippen LogP contribution in [0.5, 0.6) is 0 Å². The maximum atomic E-state index is 12.8. The number of imidazole rings is 1. The predicted molar refractivity (Wildman–Crippen MR) is 96.5 cm³/mol. The van der Waals surface area contributed by atoms with Gasteiger partial charge < -0.3 is 9.88 Å². The lowest BCUT2D eigenvalue weighted by atomic mass is 10.1. The van der Waals surface area contributed by atoms with Gasteiger partial charge in [0.05, 0.1) is 6.54 Å². The van der Waals surface area contributed by atoms with Gasteiger partial charge in [-0.2, -0.15) is 0 Å². The number of nitrogens with zero attached hydrogens (tertiary/aromatic N) is 2. The number of benzene rings is 2. The molecular formula is C19H19N3OS. The van der Waals surface area contributed by atoms with Gasteiger partial charge in [-0.25, -0.2) is 4.98 Å². The number of rotatable bonds is 6. The second kappa shape index (κ2) is 7.84. The third kappa shape index (κ3) is 4.06. The van der Waals surface area contributed by atoms with Gasteiger partial charge in [-0.05, 0) is 17.7 Å². The Kier molecular flexibility index (Phi) is 5.33. The van der Waals surface area contributed by atoms with Crippen LogP contribution in [0.15, 0.2) is 78.0 Å². The van der Waals surface area contributed by atoms with Gasteiger partial charge in [0.2, 0.25) is 5.91 Å². The van der Waals surface area contributed by atoms with Crippen LogP contribution in [0, 0.1) is 0 Å². The van der Waals surface area contributed by atoms with Gasteiger partial charge in [-0.1, -0.05) is 48.5 Å². The molecule has 0 aliphatic carbocycles. The number of aromatic nitrogens is 2. The van der Waals surface area contributed by atoms with Crippen molar-refractivity contribution in [1.29, 1.82) is 0 Å². The molecule has 1 N–H and O–H groups in total. The number of carbonyl (C=O) groups is 1. The predicted octanol–water partition coefficient (Wildman–Crippen LogP) is 3.57. The summed E-state index contributed by atoms with van der Waals surface area (Å²) in [5.41, 5.74) is 0.990. The largest absolute Gasteiger partial charge is 0.348 e. The Morgan fingerprint density at radius 2 is 1.79 bits per heavy atom. The first-order valence-corrected chi connectivity index (χ1v) is 8.62. The average molecular weight is 337 g/mol. The first-order valence-electron chi connectivity index (χ1n) is 7.74. The van der Waals surface area contributed by atoms with Crippen LogP contribution in [-0.4, -0.2) is 15.5 Å². The van der Waals surface area contributed by atoms with Crippen LogP contribution in [0.3, 0.4) is 0 Å². The standard InChI is InChI=1S/C19H19N3OS/c1-22-13-12-20-17(22)14-21-19(23)18(15-8-4-2-5-9-15)24-16-10-6-3-7-11-16/h2-13,18H,14H2,1H3,(H,21,23). The molecule has 4 nitrogen and oxygen atoms in total. The number of amides is 1. The molecule has 1 unspecified atom stereocenters. The molecule has 0 aliphatic heterocycles. The van der Waals surface area contributed by atoms with Crippen molar-refractivity contribution in [3.05, 3.63) is 84.4 Å². The van der Waals surface area contributed by atoms with E-state index >= 15 is 0 Å². The van der Waals surface area contributed by atoms with E-state index in [2.05, 4.69) is 10.3 Å². The minimum Gasteiger partial charge on any atom is -0.348 e. The molecule has 1 atom stereocenters. The highest BCUT2D eigenvalue weighted by atomic mass is 32.2. The Balaban J connectivity index is 1.76. The minimum absolute atomic E-state index is 0.0157. The molecular weight excluding hydrogens is 318 g/mol. The molecule has 0 bridgehead atoms. The van der Waals surface area contributed by atoms with Gasteiger partial charge in [-0.15, -0.1) is 11.8 Å². The van der Waals surface area contributed by atoms with E-state index in [9.17, 15) is 4.79 Å². The Morgan fingerprint density at radius 1 is 1.12 bits per heavy atom. The molecule has 0 radical (unpaired) electrons. The van der Waals surface area contributed by atoms with E-state index in [1.165, 1.54) is 0 Å². The fourth-order valence-electron chi connectivity index (χ4n) is 2.36. The monoisotopic (exact) mass is 337 g/mol. The minimum atomic E-state index is -0.297. The van der Waals surface area contributed by atoms with Gasteiger partial charge >= 0.3 is 0 Å². The van der Waals surface area contributed by atoms with Crippen molar-refractivity contribution in [2.24, 2.45) is 7.05 Å². The van der Waals surface area contributed by atoms with Crippen molar-refractivity contribution < 1.29 is 4.79 Å². The summed E-state index contributed by atoms with van der Waals surface area (Å²) in [6, 6.07) is 19.8. The van der Waals surface area contributed by atoms with Crippen LogP contribution in [0.4, 0.5) is 0 Å². The summed E-state index contributed by atoms with van der Waals surface area (Å²) in [5.74, 6) is 0.818. The zero-order chi connectivity index (χ0) is 16.8. The van der Waals surface area contributed by atoms with E-state index in [0.29, 0.717) is 6.54 Å². The fourth-order valence-corrected chi connectivity index (χ4v) is 3.43. The zero-order valence-electron chi connectivity index (χ0n) is 13.4. The second-order valence-corrected chi connectivity index (χ2v) is 6.57. The summed E-state index contributed by atoms with van der Waals surface area (Å²) in [5, 5.41) is 2.70. The average Bonchev–Trinajstić information content (AvgIpc) is 3.04. The van der Waals surface area contributed by atoms with E-state index in [4.69, 9.17) is 0 Å². The number of hydrogen-bond acceptors (Lipinski definition) is 3. The van der Waals surface area contributed by atoms with Crippen molar-refractivity contribution >= 4 is 17.7 Å². The quantitative estimate of drug-likeness (QED) is 0.700. The van der Waals surface area contributed by atoms with Gasteiger partial charge in [0.1, 0.15) is 11.1 Å². The SMILES string of the molecule is Cn1ccnc1CNC(=O)C(Sc1ccccc1)c1ccccc1. The van der Waals surface area contributed by atoms with Gasteiger partial charge in [0, 0.05) is 24.3 Å². The smallest absolute Gasteiger partial charge is 0.238 e. The Morgan fingerprint density at radius 3 is 2.42 bits per heavy atom. The number of hydrogen-bond donors (Lipinski definition) is 1. The van der Waals surface area contributed by atoms with Crippen molar-refractivity contribution in [3.8, 4) is 0 Å². The van der Waals surface area contributed by atoms with Crippen LogP contribution >= 0.6 is 11.8 Å². The summed E-state index contributed by atoms with van der Waals surface area (Å²) in [4.78, 5) is 18.1. The van der Waals surface area contributed by atoms with E-state index in [-0.39, 0.29) is 11.2 Å². The van der Waals surface area contributed by atoms with Crippen LogP contribution in [0.25, 0.3) is 0 Å². The lowest BCUT2D eigenvalue weighted by Gasteiger charge is -2.17. The van der Waals surface area contributed by atoms with E-state index in [0.717, 1.165) is 16.3 Å². The molecule has 122 valence electrons. The molecule has 2 aromatic carbocycles. The highest BCUT2D eigenvalue weighted by Gasteiger charge is 2.22. The topological polar surface area (TPSA) is 46.9 Å². The molecule has 3 aromatic rings. The van der Waals surface area contributed by atoms with E-state index in [1.54, 1.807) is 18.0 Å². The molecule has 0 saturated carbocycles. The van der Waals surface area contributed by atoms with Crippen molar-refractivity contribution in [3.63, 3.8) is 0 Å². The number of aryl methyl sites for hydroxylation is 1. The maximum absolute atomic E-state index is 12.8. The summed E-state index contributed by atoms with van der Waals surface area (Å²) in [6.07, 6.45) is 3.60. The van der Waals surface area contributed by atoms with Crippen molar-refractivity contribution in [2.45, 2.75) is 16.7 Å².